The second-order valence-corrected chi connectivity index (χ2v) is 6.50. The van der Waals surface area contributed by atoms with Crippen LogP contribution in [-0.2, 0) is 4.79 Å². The Morgan fingerprint density at radius 2 is 1.95 bits per heavy atom. The van der Waals surface area contributed by atoms with Gasteiger partial charge in [0.25, 0.3) is 0 Å². The largest absolute Gasteiger partial charge is 0.354 e. The quantitative estimate of drug-likeness (QED) is 0.742. The molecule has 0 aromatic rings. The molecule has 0 spiro atoms. The zero-order chi connectivity index (χ0) is 13.7. The van der Waals surface area contributed by atoms with E-state index >= 15 is 0 Å². The molecule has 3 N–H and O–H groups in total. The Balaban J connectivity index is 1.58. The number of hydrogen-bond acceptors (Lipinski definition) is 3. The molecule has 1 amide bonds. The molecule has 1 aliphatic carbocycles. The normalized spacial score (nSPS) is 24.5. The van der Waals surface area contributed by atoms with Gasteiger partial charge in [0.2, 0.25) is 5.91 Å². The fourth-order valence-electron chi connectivity index (χ4n) is 3.20. The molecule has 1 aliphatic heterocycles. The Morgan fingerprint density at radius 1 is 1.32 bits per heavy atom. The fourth-order valence-corrected chi connectivity index (χ4v) is 3.20. The van der Waals surface area contributed by atoms with Crippen molar-refractivity contribution in [3.8, 4) is 0 Å². The number of rotatable bonds is 5. The van der Waals surface area contributed by atoms with Crippen LogP contribution < -0.4 is 11.1 Å². The first-order chi connectivity index (χ1) is 9.10. The van der Waals surface area contributed by atoms with Crippen LogP contribution in [0.15, 0.2) is 0 Å². The number of nitrogens with zero attached hydrogens (tertiary/aromatic N) is 1. The molecular weight excluding hydrogens is 238 g/mol. The summed E-state index contributed by atoms with van der Waals surface area (Å²) in [6, 6.07) is 0. The van der Waals surface area contributed by atoms with E-state index in [9.17, 15) is 4.79 Å². The number of carbonyl (C=O) groups excluding carboxylic acids is 1. The van der Waals surface area contributed by atoms with E-state index in [-0.39, 0.29) is 5.91 Å². The van der Waals surface area contributed by atoms with Crippen molar-refractivity contribution in [3.05, 3.63) is 0 Å². The lowest BCUT2D eigenvalue weighted by atomic mass is 9.98. The number of piperidine rings is 1. The second kappa shape index (κ2) is 6.71. The van der Waals surface area contributed by atoms with E-state index in [1.165, 1.54) is 25.9 Å². The highest BCUT2D eigenvalue weighted by Crippen LogP contribution is 2.27. The maximum Gasteiger partial charge on any atom is 0.240 e. The summed E-state index contributed by atoms with van der Waals surface area (Å²) in [5, 5.41) is 3.02. The molecule has 1 saturated carbocycles. The molecule has 0 radical (unpaired) electrons. The van der Waals surface area contributed by atoms with Crippen LogP contribution in [0.5, 0.6) is 0 Å². The monoisotopic (exact) mass is 267 g/mol. The zero-order valence-electron chi connectivity index (χ0n) is 12.3. The zero-order valence-corrected chi connectivity index (χ0v) is 12.3. The Morgan fingerprint density at radius 3 is 2.58 bits per heavy atom. The predicted octanol–water partition coefficient (Wildman–Crippen LogP) is 1.50. The van der Waals surface area contributed by atoms with E-state index in [2.05, 4.69) is 17.1 Å². The minimum absolute atomic E-state index is 0.0669. The summed E-state index contributed by atoms with van der Waals surface area (Å²) in [7, 11) is 0. The summed E-state index contributed by atoms with van der Waals surface area (Å²) in [5.74, 6) is 0.952. The average Bonchev–Trinajstić information content (AvgIpc) is 2.85. The first-order valence-corrected chi connectivity index (χ1v) is 7.90. The number of carbonyl (C=O) groups is 1. The molecule has 4 heteroatoms. The van der Waals surface area contributed by atoms with Gasteiger partial charge in [0, 0.05) is 6.54 Å². The summed E-state index contributed by atoms with van der Waals surface area (Å²) < 4.78 is 0. The maximum absolute atomic E-state index is 12.0. The summed E-state index contributed by atoms with van der Waals surface area (Å²) in [6.45, 7) is 6.64. The van der Waals surface area contributed by atoms with Crippen molar-refractivity contribution < 1.29 is 4.79 Å². The van der Waals surface area contributed by atoms with Crippen molar-refractivity contribution in [2.75, 3.05) is 26.2 Å². The molecule has 0 bridgehead atoms. The molecule has 2 aliphatic rings. The predicted molar refractivity (Wildman–Crippen MR) is 77.9 cm³/mol. The van der Waals surface area contributed by atoms with Gasteiger partial charge in [-0.1, -0.05) is 19.8 Å². The number of amides is 1. The molecule has 19 heavy (non-hydrogen) atoms. The Hall–Kier alpha value is -0.610. The molecule has 4 nitrogen and oxygen atoms in total. The van der Waals surface area contributed by atoms with E-state index in [1.54, 1.807) is 0 Å². The van der Waals surface area contributed by atoms with E-state index < -0.39 is 5.54 Å². The van der Waals surface area contributed by atoms with Gasteiger partial charge >= 0.3 is 0 Å². The SMILES string of the molecule is CC1CCN(CCCNC(=O)C2(N)CCCC2)CC1. The van der Waals surface area contributed by atoms with Crippen LogP contribution in [-0.4, -0.2) is 42.5 Å². The first kappa shape index (κ1) is 14.8. The van der Waals surface area contributed by atoms with Gasteiger partial charge in [0.15, 0.2) is 0 Å². The van der Waals surface area contributed by atoms with Gasteiger partial charge in [-0.05, 0) is 57.7 Å². The van der Waals surface area contributed by atoms with E-state index in [0.29, 0.717) is 0 Å². The van der Waals surface area contributed by atoms with Crippen molar-refractivity contribution in [1.29, 1.82) is 0 Å². The highest BCUT2D eigenvalue weighted by atomic mass is 16.2. The molecular formula is C15H29N3O. The Bertz CT molecular complexity index is 292. The topological polar surface area (TPSA) is 58.4 Å². The summed E-state index contributed by atoms with van der Waals surface area (Å²) in [4.78, 5) is 14.5. The molecule has 2 rings (SSSR count). The van der Waals surface area contributed by atoms with Gasteiger partial charge in [0.05, 0.1) is 5.54 Å². The van der Waals surface area contributed by atoms with Crippen LogP contribution in [0, 0.1) is 5.92 Å². The van der Waals surface area contributed by atoms with Crippen LogP contribution in [0.4, 0.5) is 0 Å². The lowest BCUT2D eigenvalue weighted by Crippen LogP contribution is -2.52. The summed E-state index contributed by atoms with van der Waals surface area (Å²) in [5.41, 5.74) is 5.55. The van der Waals surface area contributed by atoms with Crippen LogP contribution in [0.1, 0.15) is 51.9 Å². The van der Waals surface area contributed by atoms with Crippen molar-refractivity contribution in [1.82, 2.24) is 10.2 Å². The standard InChI is InChI=1S/C15H29N3O/c1-13-5-11-18(12-6-13)10-4-9-17-14(19)15(16)7-2-3-8-15/h13H,2-12,16H2,1H3,(H,17,19). The molecule has 0 aromatic carbocycles. The minimum Gasteiger partial charge on any atom is -0.354 e. The van der Waals surface area contributed by atoms with Crippen molar-refractivity contribution in [2.45, 2.75) is 57.4 Å². The maximum atomic E-state index is 12.0. The number of nitrogens with one attached hydrogen (secondary N) is 1. The van der Waals surface area contributed by atoms with Gasteiger partial charge < -0.3 is 16.0 Å². The fraction of sp³-hybridized carbons (Fsp3) is 0.933. The molecule has 2 fully saturated rings. The van der Waals surface area contributed by atoms with E-state index in [4.69, 9.17) is 5.73 Å². The Kier molecular flexibility index (Phi) is 5.22. The lowest BCUT2D eigenvalue weighted by Gasteiger charge is -2.30. The lowest BCUT2D eigenvalue weighted by molar-refractivity contribution is -0.126. The first-order valence-electron chi connectivity index (χ1n) is 7.90. The molecule has 1 heterocycles. The van der Waals surface area contributed by atoms with E-state index in [1.807, 2.05) is 0 Å². The van der Waals surface area contributed by atoms with Crippen LogP contribution in [0.25, 0.3) is 0 Å². The van der Waals surface area contributed by atoms with Crippen molar-refractivity contribution in [2.24, 2.45) is 11.7 Å². The third-order valence-electron chi connectivity index (χ3n) is 4.76. The van der Waals surface area contributed by atoms with Crippen molar-refractivity contribution in [3.63, 3.8) is 0 Å². The molecule has 1 saturated heterocycles. The van der Waals surface area contributed by atoms with E-state index in [0.717, 1.165) is 51.1 Å². The number of nitrogens with two attached hydrogens (primary N) is 1. The summed E-state index contributed by atoms with van der Waals surface area (Å²) >= 11 is 0. The van der Waals surface area contributed by atoms with Gasteiger partial charge in [0.1, 0.15) is 0 Å². The van der Waals surface area contributed by atoms with Crippen molar-refractivity contribution >= 4 is 5.91 Å². The third-order valence-corrected chi connectivity index (χ3v) is 4.76. The van der Waals surface area contributed by atoms with Crippen LogP contribution >= 0.6 is 0 Å². The van der Waals surface area contributed by atoms with Gasteiger partial charge in [-0.15, -0.1) is 0 Å². The minimum atomic E-state index is -0.569. The molecule has 0 atom stereocenters. The molecule has 0 aromatic heterocycles. The van der Waals surface area contributed by atoms with Gasteiger partial charge in [-0.2, -0.15) is 0 Å². The van der Waals surface area contributed by atoms with Gasteiger partial charge in [-0.25, -0.2) is 0 Å². The summed E-state index contributed by atoms with van der Waals surface area (Å²) in [6.07, 6.45) is 7.56. The highest BCUT2D eigenvalue weighted by molar-refractivity contribution is 5.86. The molecule has 110 valence electrons. The third kappa shape index (κ3) is 4.18. The highest BCUT2D eigenvalue weighted by Gasteiger charge is 2.36. The number of likely N-dealkylation sites (tertiary alicyclic amines) is 1. The van der Waals surface area contributed by atoms with Gasteiger partial charge in [-0.3, -0.25) is 4.79 Å². The number of hydrogen-bond donors (Lipinski definition) is 2. The smallest absolute Gasteiger partial charge is 0.240 e. The van der Waals surface area contributed by atoms with Crippen LogP contribution in [0.3, 0.4) is 0 Å². The Labute approximate surface area is 117 Å². The molecule has 0 unspecified atom stereocenters. The van der Waals surface area contributed by atoms with Crippen LogP contribution in [0.2, 0.25) is 0 Å². The second-order valence-electron chi connectivity index (χ2n) is 6.50. The average molecular weight is 267 g/mol.